The molecule has 6 nitrogen and oxygen atoms in total. The molecule has 1 aromatic carbocycles. The zero-order valence-corrected chi connectivity index (χ0v) is 16.0. The monoisotopic (exact) mass is 373 g/mol. The molecule has 1 N–H and O–H groups in total. The molecule has 0 aliphatic rings. The maximum atomic E-state index is 12.8. The Hall–Kier alpha value is -2.80. The van der Waals surface area contributed by atoms with E-state index in [2.05, 4.69) is 5.32 Å². The summed E-state index contributed by atoms with van der Waals surface area (Å²) in [5, 5.41) is 4.05. The van der Waals surface area contributed by atoms with Crippen molar-refractivity contribution in [3.8, 4) is 5.75 Å². The predicted molar refractivity (Wildman–Crippen MR) is 101 cm³/mol. The van der Waals surface area contributed by atoms with Crippen LogP contribution >= 0.6 is 11.3 Å². The van der Waals surface area contributed by atoms with Crippen LogP contribution in [0.4, 0.5) is 5.00 Å². The lowest BCUT2D eigenvalue weighted by molar-refractivity contribution is 0.0601. The highest BCUT2D eigenvalue weighted by Crippen LogP contribution is 2.34. The van der Waals surface area contributed by atoms with Gasteiger partial charge >= 0.3 is 5.97 Å². The Balaban J connectivity index is 1.99. The number of amides is 1. The fraction of sp³-hybridized carbons (Fsp3) is 0.263. The quantitative estimate of drug-likeness (QED) is 0.683. The van der Waals surface area contributed by atoms with Crippen LogP contribution in [-0.2, 0) is 4.74 Å². The first-order chi connectivity index (χ1) is 12.4. The molecule has 3 rings (SSSR count). The van der Waals surface area contributed by atoms with Crippen LogP contribution < -0.4 is 10.1 Å². The van der Waals surface area contributed by atoms with Crippen LogP contribution in [0.25, 0.3) is 11.0 Å². The second kappa shape index (κ2) is 6.84. The first-order valence-electron chi connectivity index (χ1n) is 7.94. The van der Waals surface area contributed by atoms with E-state index in [0.29, 0.717) is 27.5 Å². The molecule has 2 heterocycles. The molecule has 0 aliphatic carbocycles. The van der Waals surface area contributed by atoms with Gasteiger partial charge in [0.15, 0.2) is 5.76 Å². The van der Waals surface area contributed by atoms with E-state index in [0.717, 1.165) is 15.8 Å². The van der Waals surface area contributed by atoms with Gasteiger partial charge in [0.25, 0.3) is 5.91 Å². The summed E-state index contributed by atoms with van der Waals surface area (Å²) >= 11 is 1.33. The van der Waals surface area contributed by atoms with Crippen molar-refractivity contribution in [2.75, 3.05) is 19.5 Å². The van der Waals surface area contributed by atoms with Gasteiger partial charge in [-0.15, -0.1) is 11.3 Å². The van der Waals surface area contributed by atoms with Crippen LogP contribution in [0.15, 0.2) is 22.6 Å². The number of benzene rings is 1. The van der Waals surface area contributed by atoms with Crippen molar-refractivity contribution in [3.05, 3.63) is 45.5 Å². The van der Waals surface area contributed by atoms with E-state index in [1.54, 1.807) is 19.2 Å². The molecule has 1 amide bonds. The molecule has 0 fully saturated rings. The Morgan fingerprint density at radius 2 is 1.85 bits per heavy atom. The number of nitrogens with one attached hydrogen (secondary N) is 1. The van der Waals surface area contributed by atoms with Crippen LogP contribution in [0.5, 0.6) is 5.75 Å². The van der Waals surface area contributed by atoms with Gasteiger partial charge in [-0.2, -0.15) is 0 Å². The average molecular weight is 373 g/mol. The Morgan fingerprint density at radius 3 is 2.50 bits per heavy atom. The van der Waals surface area contributed by atoms with Crippen molar-refractivity contribution >= 4 is 39.2 Å². The van der Waals surface area contributed by atoms with Crippen LogP contribution in [0, 0.1) is 20.8 Å². The summed E-state index contributed by atoms with van der Waals surface area (Å²) in [6.07, 6.45) is 0. The fourth-order valence-corrected chi connectivity index (χ4v) is 3.81. The van der Waals surface area contributed by atoms with E-state index in [1.807, 2.05) is 26.8 Å². The minimum Gasteiger partial charge on any atom is -0.497 e. The second-order valence-corrected chi connectivity index (χ2v) is 7.08. The van der Waals surface area contributed by atoms with E-state index in [4.69, 9.17) is 13.9 Å². The van der Waals surface area contributed by atoms with Gasteiger partial charge in [-0.25, -0.2) is 4.79 Å². The molecule has 0 unspecified atom stereocenters. The normalized spacial score (nSPS) is 10.8. The minimum absolute atomic E-state index is 0.202. The molecule has 3 aromatic rings. The summed E-state index contributed by atoms with van der Waals surface area (Å²) < 4.78 is 15.8. The molecular formula is C19H19NO5S. The van der Waals surface area contributed by atoms with Crippen molar-refractivity contribution in [3.63, 3.8) is 0 Å². The fourth-order valence-electron chi connectivity index (χ4n) is 2.77. The molecule has 26 heavy (non-hydrogen) atoms. The maximum absolute atomic E-state index is 12.8. The number of hydrogen-bond acceptors (Lipinski definition) is 6. The SMILES string of the molecule is COC(=O)c1c(NC(=O)c2oc3ccc(OC)cc3c2C)sc(C)c1C. The number of esters is 1. The highest BCUT2D eigenvalue weighted by atomic mass is 32.1. The summed E-state index contributed by atoms with van der Waals surface area (Å²) in [7, 11) is 2.90. The van der Waals surface area contributed by atoms with Gasteiger partial charge in [-0.05, 0) is 44.5 Å². The highest BCUT2D eigenvalue weighted by Gasteiger charge is 2.24. The van der Waals surface area contributed by atoms with E-state index in [-0.39, 0.29) is 5.76 Å². The number of rotatable bonds is 4. The third-order valence-corrected chi connectivity index (χ3v) is 5.47. The van der Waals surface area contributed by atoms with Crippen molar-refractivity contribution in [2.24, 2.45) is 0 Å². The molecule has 136 valence electrons. The zero-order chi connectivity index (χ0) is 19.0. The van der Waals surface area contributed by atoms with Gasteiger partial charge in [0.05, 0.1) is 19.8 Å². The van der Waals surface area contributed by atoms with Crippen LogP contribution in [0.1, 0.15) is 36.9 Å². The molecule has 0 saturated heterocycles. The average Bonchev–Trinajstić information content (AvgIpc) is 3.11. The molecule has 0 saturated carbocycles. The number of fused-ring (bicyclic) bond motifs is 1. The Bertz CT molecular complexity index is 1010. The molecule has 0 spiro atoms. The Morgan fingerprint density at radius 1 is 1.12 bits per heavy atom. The van der Waals surface area contributed by atoms with Crippen molar-refractivity contribution in [1.29, 1.82) is 0 Å². The molecule has 0 radical (unpaired) electrons. The lowest BCUT2D eigenvalue weighted by Gasteiger charge is -2.05. The maximum Gasteiger partial charge on any atom is 0.341 e. The largest absolute Gasteiger partial charge is 0.497 e. The number of carbonyl (C=O) groups is 2. The smallest absolute Gasteiger partial charge is 0.341 e. The van der Waals surface area contributed by atoms with E-state index in [9.17, 15) is 9.59 Å². The second-order valence-electron chi connectivity index (χ2n) is 5.85. The van der Waals surface area contributed by atoms with E-state index >= 15 is 0 Å². The first-order valence-corrected chi connectivity index (χ1v) is 8.75. The predicted octanol–water partition coefficient (Wildman–Crippen LogP) is 4.47. The number of carbonyl (C=O) groups excluding carboxylic acids is 2. The summed E-state index contributed by atoms with van der Waals surface area (Å²) in [4.78, 5) is 25.8. The lowest BCUT2D eigenvalue weighted by atomic mass is 10.1. The van der Waals surface area contributed by atoms with Gasteiger partial charge in [0.2, 0.25) is 0 Å². The third kappa shape index (κ3) is 2.94. The van der Waals surface area contributed by atoms with Crippen molar-refractivity contribution < 1.29 is 23.5 Å². The molecular weight excluding hydrogens is 354 g/mol. The number of methoxy groups -OCH3 is 2. The standard InChI is InChI=1S/C19H19NO5S/c1-9-11(3)26-18(15(9)19(22)24-5)20-17(21)16-10(2)13-8-12(23-4)6-7-14(13)25-16/h6-8H,1-5H3,(H,20,21). The van der Waals surface area contributed by atoms with Gasteiger partial charge in [-0.1, -0.05) is 0 Å². The minimum atomic E-state index is -0.479. The first kappa shape index (κ1) is 18.0. The molecule has 2 aromatic heterocycles. The topological polar surface area (TPSA) is 77.8 Å². The molecule has 0 atom stereocenters. The summed E-state index contributed by atoms with van der Waals surface area (Å²) in [5.74, 6) is -0.00380. The molecule has 0 aliphatic heterocycles. The lowest BCUT2D eigenvalue weighted by Crippen LogP contribution is -2.14. The van der Waals surface area contributed by atoms with Gasteiger partial charge in [-0.3, -0.25) is 4.79 Å². The number of aryl methyl sites for hydroxylation is 2. The van der Waals surface area contributed by atoms with Crippen LogP contribution in [-0.4, -0.2) is 26.1 Å². The zero-order valence-electron chi connectivity index (χ0n) is 15.2. The van der Waals surface area contributed by atoms with Crippen LogP contribution in [0.3, 0.4) is 0 Å². The third-order valence-electron chi connectivity index (χ3n) is 4.35. The summed E-state index contributed by atoms with van der Waals surface area (Å²) in [5.41, 5.74) is 2.48. The number of ether oxygens (including phenoxy) is 2. The van der Waals surface area contributed by atoms with Gasteiger partial charge in [0.1, 0.15) is 16.3 Å². The number of hydrogen-bond donors (Lipinski definition) is 1. The molecule has 0 bridgehead atoms. The highest BCUT2D eigenvalue weighted by molar-refractivity contribution is 7.16. The summed E-state index contributed by atoms with van der Waals surface area (Å²) in [6, 6.07) is 5.36. The molecule has 7 heteroatoms. The Kier molecular flexibility index (Phi) is 4.73. The van der Waals surface area contributed by atoms with E-state index < -0.39 is 11.9 Å². The van der Waals surface area contributed by atoms with Crippen LogP contribution in [0.2, 0.25) is 0 Å². The number of furan rings is 1. The van der Waals surface area contributed by atoms with E-state index in [1.165, 1.54) is 18.4 Å². The summed E-state index contributed by atoms with van der Waals surface area (Å²) in [6.45, 7) is 5.53. The number of thiophene rings is 1. The van der Waals surface area contributed by atoms with Gasteiger partial charge in [0, 0.05) is 15.8 Å². The van der Waals surface area contributed by atoms with Gasteiger partial charge < -0.3 is 19.2 Å². The van der Waals surface area contributed by atoms with Crippen molar-refractivity contribution in [1.82, 2.24) is 0 Å². The van der Waals surface area contributed by atoms with Crippen molar-refractivity contribution in [2.45, 2.75) is 20.8 Å². The Labute approximate surface area is 154 Å². The number of anilines is 1.